The zero-order chi connectivity index (χ0) is 23.3. The number of nitrogens with zero attached hydrogens (tertiary/aromatic N) is 3. The number of hydrogen-bond acceptors (Lipinski definition) is 6. The summed E-state index contributed by atoms with van der Waals surface area (Å²) >= 11 is 5.91. The molecule has 7 nitrogen and oxygen atoms in total. The molecule has 0 radical (unpaired) electrons. The minimum Gasteiger partial charge on any atom is -0.492 e. The Bertz CT molecular complexity index is 1040. The van der Waals surface area contributed by atoms with Gasteiger partial charge in [-0.3, -0.25) is 9.58 Å². The fourth-order valence-electron chi connectivity index (χ4n) is 4.00. The minimum atomic E-state index is -1.35. The average molecular weight is 472 g/mol. The molecule has 2 atom stereocenters. The molecule has 0 bridgehead atoms. The van der Waals surface area contributed by atoms with E-state index in [2.05, 4.69) is 10.00 Å². The lowest BCUT2D eigenvalue weighted by molar-refractivity contribution is -0.140. The lowest BCUT2D eigenvalue weighted by atomic mass is 9.90. The normalized spacial score (nSPS) is 21.2. The number of aryl methyl sites for hydroxylation is 1. The number of ether oxygens (including phenoxy) is 2. The summed E-state index contributed by atoms with van der Waals surface area (Å²) in [6.07, 6.45) is 3.45. The molecule has 0 unspecified atom stereocenters. The predicted octanol–water partition coefficient (Wildman–Crippen LogP) is 3.30. The van der Waals surface area contributed by atoms with Gasteiger partial charge in [0.15, 0.2) is 0 Å². The molecule has 0 aliphatic carbocycles. The van der Waals surface area contributed by atoms with Crippen LogP contribution in [0.5, 0.6) is 11.5 Å². The highest BCUT2D eigenvalue weighted by molar-refractivity contribution is 6.30. The number of aliphatic hydroxyl groups excluding tert-OH is 1. The van der Waals surface area contributed by atoms with Crippen LogP contribution in [0.3, 0.4) is 0 Å². The summed E-state index contributed by atoms with van der Waals surface area (Å²) in [6.45, 7) is 4.87. The van der Waals surface area contributed by atoms with Crippen molar-refractivity contribution < 1.29 is 19.7 Å². The van der Waals surface area contributed by atoms with E-state index in [1.807, 2.05) is 48.3 Å². The van der Waals surface area contributed by atoms with Gasteiger partial charge in [0.2, 0.25) is 0 Å². The molecule has 0 amide bonds. The number of aromatic nitrogens is 2. The molecule has 0 saturated carbocycles. The van der Waals surface area contributed by atoms with Crippen molar-refractivity contribution in [3.63, 3.8) is 0 Å². The molecule has 3 aromatic rings. The van der Waals surface area contributed by atoms with E-state index in [4.69, 9.17) is 21.1 Å². The smallest absolute Gasteiger partial charge is 0.137 e. The van der Waals surface area contributed by atoms with Gasteiger partial charge in [-0.2, -0.15) is 5.10 Å². The standard InChI is InChI=1S/C25H30ClN3O4/c1-19-14-27-29(15-19)11-12-32-23-4-2-3-20(13-23)16-28-10-9-24(30)25(31,17-28)18-33-22-7-5-21(26)6-8-22/h2-8,13-15,24,30-31H,9-12,16-18H2,1H3/t24-,25-/m0/s1. The van der Waals surface area contributed by atoms with Crippen LogP contribution in [0.15, 0.2) is 60.9 Å². The first-order valence-corrected chi connectivity index (χ1v) is 11.5. The van der Waals surface area contributed by atoms with Gasteiger partial charge in [-0.15, -0.1) is 0 Å². The number of hydrogen-bond donors (Lipinski definition) is 2. The van der Waals surface area contributed by atoms with Gasteiger partial charge in [0.05, 0.1) is 18.8 Å². The maximum Gasteiger partial charge on any atom is 0.137 e. The van der Waals surface area contributed by atoms with Crippen LogP contribution in [0.1, 0.15) is 17.5 Å². The summed E-state index contributed by atoms with van der Waals surface area (Å²) in [7, 11) is 0. The number of β-amino-alcohol motifs (C(OH)–C–C–N with tert-alkyl or cyclic N) is 1. The van der Waals surface area contributed by atoms with Gasteiger partial charge < -0.3 is 19.7 Å². The van der Waals surface area contributed by atoms with Crippen LogP contribution >= 0.6 is 11.6 Å². The molecule has 2 N–H and O–H groups in total. The SMILES string of the molecule is Cc1cnn(CCOc2cccc(CN3CC[C@H](O)[C@@](O)(COc4ccc(Cl)cc4)C3)c2)c1. The zero-order valence-corrected chi connectivity index (χ0v) is 19.5. The molecule has 1 aliphatic heterocycles. The molecule has 4 rings (SSSR count). The molecular weight excluding hydrogens is 442 g/mol. The van der Waals surface area contributed by atoms with E-state index in [0.29, 0.717) is 50.0 Å². The molecule has 0 spiro atoms. The summed E-state index contributed by atoms with van der Waals surface area (Å²) in [5, 5.41) is 26.5. The fraction of sp³-hybridized carbons (Fsp3) is 0.400. The Balaban J connectivity index is 1.31. The van der Waals surface area contributed by atoms with Crippen molar-refractivity contribution in [1.82, 2.24) is 14.7 Å². The second kappa shape index (κ2) is 10.6. The van der Waals surface area contributed by atoms with E-state index >= 15 is 0 Å². The van der Waals surface area contributed by atoms with E-state index in [0.717, 1.165) is 16.9 Å². The number of likely N-dealkylation sites (tertiary alicyclic amines) is 1. The second-order valence-corrected chi connectivity index (χ2v) is 9.07. The number of piperidine rings is 1. The molecule has 1 aliphatic rings. The van der Waals surface area contributed by atoms with Crippen molar-refractivity contribution in [2.24, 2.45) is 0 Å². The lowest BCUT2D eigenvalue weighted by Gasteiger charge is -2.42. The minimum absolute atomic E-state index is 0.00233. The fourth-order valence-corrected chi connectivity index (χ4v) is 4.13. The van der Waals surface area contributed by atoms with Gasteiger partial charge in [-0.25, -0.2) is 0 Å². The van der Waals surface area contributed by atoms with Crippen molar-refractivity contribution in [2.45, 2.75) is 38.1 Å². The first kappa shape index (κ1) is 23.6. The summed E-state index contributed by atoms with van der Waals surface area (Å²) in [5.41, 5.74) is 0.857. The Morgan fingerprint density at radius 2 is 1.97 bits per heavy atom. The molecule has 1 saturated heterocycles. The van der Waals surface area contributed by atoms with Gasteiger partial charge in [0.1, 0.15) is 30.3 Å². The Labute approximate surface area is 199 Å². The Hall–Kier alpha value is -2.58. The maximum atomic E-state index is 11.1. The van der Waals surface area contributed by atoms with Crippen LogP contribution in [0.2, 0.25) is 5.02 Å². The molecule has 1 fully saturated rings. The van der Waals surface area contributed by atoms with Crippen molar-refractivity contribution in [3.05, 3.63) is 77.1 Å². The van der Waals surface area contributed by atoms with Gasteiger partial charge >= 0.3 is 0 Å². The number of benzene rings is 2. The van der Waals surface area contributed by atoms with Crippen LogP contribution in [0, 0.1) is 6.92 Å². The average Bonchev–Trinajstić information content (AvgIpc) is 3.21. The molecular formula is C25H30ClN3O4. The van der Waals surface area contributed by atoms with Gasteiger partial charge in [-0.05, 0) is 60.9 Å². The largest absolute Gasteiger partial charge is 0.492 e. The molecule has 2 aromatic carbocycles. The predicted molar refractivity (Wildman–Crippen MR) is 127 cm³/mol. The van der Waals surface area contributed by atoms with E-state index in [-0.39, 0.29) is 6.61 Å². The maximum absolute atomic E-state index is 11.1. The number of rotatable bonds is 9. The van der Waals surface area contributed by atoms with Crippen molar-refractivity contribution in [3.8, 4) is 11.5 Å². The number of halogens is 1. The highest BCUT2D eigenvalue weighted by Gasteiger charge is 2.42. The first-order chi connectivity index (χ1) is 15.9. The van der Waals surface area contributed by atoms with E-state index in [1.54, 1.807) is 24.3 Å². The Morgan fingerprint density at radius 1 is 1.15 bits per heavy atom. The van der Waals surface area contributed by atoms with E-state index in [9.17, 15) is 10.2 Å². The van der Waals surface area contributed by atoms with Crippen LogP contribution in [-0.4, -0.2) is 62.9 Å². The van der Waals surface area contributed by atoms with Crippen LogP contribution < -0.4 is 9.47 Å². The van der Waals surface area contributed by atoms with Crippen molar-refractivity contribution in [1.29, 1.82) is 0 Å². The molecule has 33 heavy (non-hydrogen) atoms. The summed E-state index contributed by atoms with van der Waals surface area (Å²) in [4.78, 5) is 2.13. The summed E-state index contributed by atoms with van der Waals surface area (Å²) in [6, 6.07) is 14.9. The monoisotopic (exact) mass is 471 g/mol. The molecule has 2 heterocycles. The highest BCUT2D eigenvalue weighted by atomic mass is 35.5. The third-order valence-corrected chi connectivity index (χ3v) is 6.05. The van der Waals surface area contributed by atoms with Gasteiger partial charge in [0, 0.05) is 30.9 Å². The van der Waals surface area contributed by atoms with Crippen LogP contribution in [0.25, 0.3) is 0 Å². The van der Waals surface area contributed by atoms with E-state index in [1.165, 1.54) is 0 Å². The highest BCUT2D eigenvalue weighted by Crippen LogP contribution is 2.26. The molecule has 1 aromatic heterocycles. The Morgan fingerprint density at radius 3 is 2.73 bits per heavy atom. The van der Waals surface area contributed by atoms with Gasteiger partial charge in [-0.1, -0.05) is 23.7 Å². The number of aliphatic hydroxyl groups is 2. The summed E-state index contributed by atoms with van der Waals surface area (Å²) < 4.78 is 13.5. The van der Waals surface area contributed by atoms with E-state index < -0.39 is 11.7 Å². The zero-order valence-electron chi connectivity index (χ0n) is 18.7. The summed E-state index contributed by atoms with van der Waals surface area (Å²) in [5.74, 6) is 1.40. The molecule has 176 valence electrons. The third kappa shape index (κ3) is 6.48. The first-order valence-electron chi connectivity index (χ1n) is 11.1. The topological polar surface area (TPSA) is 80.0 Å². The Kier molecular flexibility index (Phi) is 7.55. The third-order valence-electron chi connectivity index (χ3n) is 5.79. The lowest BCUT2D eigenvalue weighted by Crippen LogP contribution is -2.59. The second-order valence-electron chi connectivity index (χ2n) is 8.64. The van der Waals surface area contributed by atoms with Crippen LogP contribution in [0.4, 0.5) is 0 Å². The quantitative estimate of drug-likeness (QED) is 0.498. The van der Waals surface area contributed by atoms with Gasteiger partial charge in [0.25, 0.3) is 0 Å². The molecule has 8 heteroatoms. The van der Waals surface area contributed by atoms with Crippen LogP contribution in [-0.2, 0) is 13.1 Å². The van der Waals surface area contributed by atoms with Crippen molar-refractivity contribution >= 4 is 11.6 Å². The van der Waals surface area contributed by atoms with Crippen molar-refractivity contribution in [2.75, 3.05) is 26.3 Å².